The summed E-state index contributed by atoms with van der Waals surface area (Å²) < 4.78 is 10.6. The molecule has 0 unspecified atom stereocenters. The first-order valence-electron chi connectivity index (χ1n) is 6.89. The molecule has 6 nitrogen and oxygen atoms in total. The van der Waals surface area contributed by atoms with Crippen LogP contribution in [0, 0.1) is 10.1 Å². The number of methoxy groups -OCH3 is 1. The van der Waals surface area contributed by atoms with Crippen molar-refractivity contribution < 1.29 is 14.4 Å². The standard InChI is InChI=1S/C16H18N2O4/c1-21-11-10-17-14-8-5-9-15(16(14)18(19)20)22-12-13-6-3-2-4-7-13/h2-9,17H,10-12H2,1H3. The molecule has 0 aliphatic heterocycles. The third-order valence-electron chi connectivity index (χ3n) is 3.04. The number of para-hydroxylation sites is 1. The van der Waals surface area contributed by atoms with Crippen molar-refractivity contribution in [3.05, 3.63) is 64.2 Å². The van der Waals surface area contributed by atoms with E-state index >= 15 is 0 Å². The van der Waals surface area contributed by atoms with Gasteiger partial charge in [0, 0.05) is 13.7 Å². The van der Waals surface area contributed by atoms with Crippen LogP contribution in [0.2, 0.25) is 0 Å². The molecule has 6 heteroatoms. The Balaban J connectivity index is 2.15. The highest BCUT2D eigenvalue weighted by Crippen LogP contribution is 2.35. The summed E-state index contributed by atoms with van der Waals surface area (Å²) in [6.45, 7) is 1.23. The van der Waals surface area contributed by atoms with Crippen molar-refractivity contribution in [2.45, 2.75) is 6.61 Å². The summed E-state index contributed by atoms with van der Waals surface area (Å²) in [5.41, 5.74) is 1.32. The highest BCUT2D eigenvalue weighted by Gasteiger charge is 2.20. The molecular formula is C16H18N2O4. The first-order chi connectivity index (χ1) is 10.7. The molecular weight excluding hydrogens is 284 g/mol. The van der Waals surface area contributed by atoms with Crippen molar-refractivity contribution in [1.82, 2.24) is 0 Å². The molecule has 2 aromatic rings. The lowest BCUT2D eigenvalue weighted by Gasteiger charge is -2.11. The van der Waals surface area contributed by atoms with Gasteiger partial charge in [0.05, 0.1) is 11.5 Å². The number of hydrogen-bond donors (Lipinski definition) is 1. The van der Waals surface area contributed by atoms with Gasteiger partial charge in [-0.15, -0.1) is 0 Å². The summed E-state index contributed by atoms with van der Waals surface area (Å²) in [4.78, 5) is 10.9. The summed E-state index contributed by atoms with van der Waals surface area (Å²) >= 11 is 0. The van der Waals surface area contributed by atoms with Gasteiger partial charge in [0.15, 0.2) is 5.75 Å². The molecule has 2 rings (SSSR count). The summed E-state index contributed by atoms with van der Waals surface area (Å²) in [5.74, 6) is 0.247. The van der Waals surface area contributed by atoms with Crippen LogP contribution in [0.1, 0.15) is 5.56 Å². The van der Waals surface area contributed by atoms with Crippen LogP contribution >= 0.6 is 0 Å². The van der Waals surface area contributed by atoms with E-state index in [9.17, 15) is 10.1 Å². The number of ether oxygens (including phenoxy) is 2. The minimum absolute atomic E-state index is 0.0606. The molecule has 0 aromatic heterocycles. The van der Waals surface area contributed by atoms with E-state index in [1.54, 1.807) is 25.3 Å². The number of nitro benzene ring substituents is 1. The maximum absolute atomic E-state index is 11.3. The van der Waals surface area contributed by atoms with Crippen LogP contribution in [0.15, 0.2) is 48.5 Å². The van der Waals surface area contributed by atoms with Crippen LogP contribution in [0.25, 0.3) is 0 Å². The third kappa shape index (κ3) is 4.20. The van der Waals surface area contributed by atoms with Gasteiger partial charge in [-0.3, -0.25) is 10.1 Å². The molecule has 2 aromatic carbocycles. The number of hydrogen-bond acceptors (Lipinski definition) is 5. The molecule has 1 N–H and O–H groups in total. The second-order valence-electron chi connectivity index (χ2n) is 4.60. The fourth-order valence-corrected chi connectivity index (χ4v) is 1.99. The van der Waals surface area contributed by atoms with E-state index in [1.807, 2.05) is 30.3 Å². The number of benzene rings is 2. The molecule has 0 radical (unpaired) electrons. The number of nitro groups is 1. The number of rotatable bonds is 8. The number of nitrogens with one attached hydrogen (secondary N) is 1. The molecule has 0 spiro atoms. The molecule has 22 heavy (non-hydrogen) atoms. The molecule has 0 amide bonds. The molecule has 0 atom stereocenters. The van der Waals surface area contributed by atoms with Gasteiger partial charge >= 0.3 is 5.69 Å². The molecule has 0 saturated carbocycles. The molecule has 0 aliphatic rings. The van der Waals surface area contributed by atoms with Crippen LogP contribution < -0.4 is 10.1 Å². The van der Waals surface area contributed by atoms with E-state index in [-0.39, 0.29) is 18.0 Å². The summed E-state index contributed by atoms with van der Waals surface area (Å²) in [7, 11) is 1.58. The van der Waals surface area contributed by atoms with E-state index in [1.165, 1.54) is 0 Å². The summed E-state index contributed by atoms with van der Waals surface area (Å²) in [5, 5.41) is 14.3. The van der Waals surface area contributed by atoms with Gasteiger partial charge < -0.3 is 14.8 Å². The first-order valence-corrected chi connectivity index (χ1v) is 6.89. The van der Waals surface area contributed by atoms with Gasteiger partial charge in [0.25, 0.3) is 0 Å². The van der Waals surface area contributed by atoms with Gasteiger partial charge in [-0.25, -0.2) is 0 Å². The summed E-state index contributed by atoms with van der Waals surface area (Å²) in [6, 6.07) is 14.5. The minimum atomic E-state index is -0.435. The van der Waals surface area contributed by atoms with Crippen molar-refractivity contribution in [2.75, 3.05) is 25.6 Å². The Kier molecular flexibility index (Phi) is 5.73. The molecule has 0 aliphatic carbocycles. The van der Waals surface area contributed by atoms with Gasteiger partial charge in [0.2, 0.25) is 0 Å². The Labute approximate surface area is 128 Å². The van der Waals surface area contributed by atoms with Gasteiger partial charge in [-0.05, 0) is 17.7 Å². The zero-order valence-corrected chi connectivity index (χ0v) is 12.3. The van der Waals surface area contributed by atoms with Crippen molar-refractivity contribution in [1.29, 1.82) is 0 Å². The highest BCUT2D eigenvalue weighted by molar-refractivity contribution is 5.68. The number of nitrogens with zero attached hydrogens (tertiary/aromatic N) is 1. The predicted octanol–water partition coefficient (Wildman–Crippen LogP) is 3.23. The Hall–Kier alpha value is -2.60. The predicted molar refractivity (Wildman–Crippen MR) is 84.2 cm³/mol. The average molecular weight is 302 g/mol. The van der Waals surface area contributed by atoms with Gasteiger partial charge in [0.1, 0.15) is 12.3 Å². The van der Waals surface area contributed by atoms with Crippen LogP contribution in [-0.4, -0.2) is 25.2 Å². The summed E-state index contributed by atoms with van der Waals surface area (Å²) in [6.07, 6.45) is 0. The second-order valence-corrected chi connectivity index (χ2v) is 4.60. The monoisotopic (exact) mass is 302 g/mol. The topological polar surface area (TPSA) is 73.6 Å². The van der Waals surface area contributed by atoms with Crippen LogP contribution in [0.3, 0.4) is 0 Å². The van der Waals surface area contributed by atoms with Crippen LogP contribution in [0.5, 0.6) is 5.75 Å². The van der Waals surface area contributed by atoms with Crippen molar-refractivity contribution in [2.24, 2.45) is 0 Å². The lowest BCUT2D eigenvalue weighted by Crippen LogP contribution is -2.10. The van der Waals surface area contributed by atoms with Crippen LogP contribution in [-0.2, 0) is 11.3 Å². The fourth-order valence-electron chi connectivity index (χ4n) is 1.99. The normalized spacial score (nSPS) is 10.2. The smallest absolute Gasteiger partial charge is 0.333 e. The zero-order valence-electron chi connectivity index (χ0n) is 12.3. The van der Waals surface area contributed by atoms with E-state index < -0.39 is 4.92 Å². The lowest BCUT2D eigenvalue weighted by molar-refractivity contribution is -0.385. The van der Waals surface area contributed by atoms with Gasteiger partial charge in [-0.2, -0.15) is 0 Å². The lowest BCUT2D eigenvalue weighted by atomic mass is 10.2. The molecule has 0 fully saturated rings. The van der Waals surface area contributed by atoms with Crippen molar-refractivity contribution in [3.8, 4) is 5.75 Å². The van der Waals surface area contributed by atoms with Crippen molar-refractivity contribution in [3.63, 3.8) is 0 Å². The van der Waals surface area contributed by atoms with E-state index in [0.29, 0.717) is 18.8 Å². The Morgan fingerprint density at radius 1 is 1.14 bits per heavy atom. The van der Waals surface area contributed by atoms with E-state index in [2.05, 4.69) is 5.32 Å². The minimum Gasteiger partial charge on any atom is -0.482 e. The Bertz CT molecular complexity index is 617. The van der Waals surface area contributed by atoms with Gasteiger partial charge in [-0.1, -0.05) is 36.4 Å². The third-order valence-corrected chi connectivity index (χ3v) is 3.04. The highest BCUT2D eigenvalue weighted by atomic mass is 16.6. The second kappa shape index (κ2) is 7.99. The zero-order chi connectivity index (χ0) is 15.8. The molecule has 116 valence electrons. The van der Waals surface area contributed by atoms with E-state index in [4.69, 9.17) is 9.47 Å². The van der Waals surface area contributed by atoms with Crippen molar-refractivity contribution >= 4 is 11.4 Å². The average Bonchev–Trinajstić information content (AvgIpc) is 2.54. The maximum Gasteiger partial charge on any atom is 0.333 e. The SMILES string of the molecule is COCCNc1cccc(OCc2ccccc2)c1[N+](=O)[O-]. The fraction of sp³-hybridized carbons (Fsp3) is 0.250. The molecule has 0 heterocycles. The van der Waals surface area contributed by atoms with Crippen LogP contribution in [0.4, 0.5) is 11.4 Å². The molecule has 0 bridgehead atoms. The quantitative estimate of drug-likeness (QED) is 0.460. The maximum atomic E-state index is 11.3. The number of anilines is 1. The molecule has 0 saturated heterocycles. The Morgan fingerprint density at radius 2 is 1.91 bits per heavy atom. The first kappa shape index (κ1) is 15.8. The largest absolute Gasteiger partial charge is 0.482 e. The Morgan fingerprint density at radius 3 is 2.59 bits per heavy atom. The van der Waals surface area contributed by atoms with E-state index in [0.717, 1.165) is 5.56 Å².